The molecule has 0 radical (unpaired) electrons. The molecule has 1 fully saturated rings. The van der Waals surface area contributed by atoms with Gasteiger partial charge in [0, 0.05) is 41.8 Å². The first kappa shape index (κ1) is 18.4. The van der Waals surface area contributed by atoms with E-state index < -0.39 is 0 Å². The zero-order valence-electron chi connectivity index (χ0n) is 15.9. The maximum Gasteiger partial charge on any atom is 0.273 e. The summed E-state index contributed by atoms with van der Waals surface area (Å²) in [6, 6.07) is 9.75. The number of likely N-dealkylation sites (tertiary alicyclic amines) is 1. The Labute approximate surface area is 163 Å². The van der Waals surface area contributed by atoms with Crippen molar-refractivity contribution in [2.75, 3.05) is 19.6 Å². The molecule has 0 unspecified atom stereocenters. The van der Waals surface area contributed by atoms with E-state index >= 15 is 0 Å². The number of pyridine rings is 1. The molecule has 1 aliphatic rings. The summed E-state index contributed by atoms with van der Waals surface area (Å²) in [6.07, 6.45) is 5.83. The van der Waals surface area contributed by atoms with Gasteiger partial charge in [0.05, 0.1) is 0 Å². The van der Waals surface area contributed by atoms with Crippen LogP contribution in [0.5, 0.6) is 5.75 Å². The van der Waals surface area contributed by atoms with Crippen LogP contribution in [0.25, 0.3) is 10.8 Å². The highest BCUT2D eigenvalue weighted by Crippen LogP contribution is 2.25. The Bertz CT molecular complexity index is 950. The van der Waals surface area contributed by atoms with E-state index in [0.29, 0.717) is 18.3 Å². The number of nitrogens with zero attached hydrogens (tertiary/aromatic N) is 3. The molecule has 3 aromatic rings. The highest BCUT2D eigenvalue weighted by atomic mass is 16.5. The number of fused-ring (bicyclic) bond motifs is 1. The summed E-state index contributed by atoms with van der Waals surface area (Å²) in [5.41, 5.74) is 0.279. The second-order valence-electron chi connectivity index (χ2n) is 6.95. The molecule has 0 spiro atoms. The van der Waals surface area contributed by atoms with Gasteiger partial charge >= 0.3 is 0 Å². The van der Waals surface area contributed by atoms with Crippen molar-refractivity contribution >= 4 is 16.7 Å². The van der Waals surface area contributed by atoms with E-state index in [4.69, 9.17) is 9.26 Å². The highest BCUT2D eigenvalue weighted by Gasteiger charge is 2.24. The van der Waals surface area contributed by atoms with Gasteiger partial charge in [-0.1, -0.05) is 24.2 Å². The van der Waals surface area contributed by atoms with Crippen molar-refractivity contribution in [2.45, 2.75) is 32.4 Å². The second kappa shape index (κ2) is 8.39. The molecule has 7 heteroatoms. The lowest BCUT2D eigenvalue weighted by molar-refractivity contribution is 0.0932. The third-order valence-electron chi connectivity index (χ3n) is 5.21. The number of benzene rings is 1. The van der Waals surface area contributed by atoms with Gasteiger partial charge in [-0.2, -0.15) is 0 Å². The van der Waals surface area contributed by atoms with Crippen molar-refractivity contribution in [3.05, 3.63) is 54.2 Å². The molecule has 1 N–H and O–H groups in total. The number of ether oxygens (including phenoxy) is 1. The molecule has 146 valence electrons. The van der Waals surface area contributed by atoms with Gasteiger partial charge < -0.3 is 14.6 Å². The van der Waals surface area contributed by atoms with Gasteiger partial charge in [0.1, 0.15) is 12.4 Å². The number of carbonyl (C=O) groups is 1. The van der Waals surface area contributed by atoms with E-state index in [-0.39, 0.29) is 18.2 Å². The Hall–Kier alpha value is -2.93. The molecule has 28 heavy (non-hydrogen) atoms. The summed E-state index contributed by atoms with van der Waals surface area (Å²) < 4.78 is 11.1. The van der Waals surface area contributed by atoms with E-state index in [1.165, 1.54) is 6.42 Å². The largest absolute Gasteiger partial charge is 0.485 e. The van der Waals surface area contributed by atoms with Gasteiger partial charge in [-0.05, 0) is 38.1 Å². The molecule has 1 saturated heterocycles. The van der Waals surface area contributed by atoms with Crippen LogP contribution >= 0.6 is 0 Å². The first-order valence-corrected chi connectivity index (χ1v) is 9.68. The minimum atomic E-state index is -0.214. The fourth-order valence-corrected chi connectivity index (χ4v) is 3.70. The van der Waals surface area contributed by atoms with Gasteiger partial charge in [-0.15, -0.1) is 0 Å². The molecule has 1 amide bonds. The summed E-state index contributed by atoms with van der Waals surface area (Å²) in [6.45, 7) is 5.10. The van der Waals surface area contributed by atoms with Crippen LogP contribution in [0, 0.1) is 0 Å². The van der Waals surface area contributed by atoms with Crippen LogP contribution in [0.4, 0.5) is 0 Å². The summed E-state index contributed by atoms with van der Waals surface area (Å²) in [7, 11) is 0. The van der Waals surface area contributed by atoms with Gasteiger partial charge in [-0.25, -0.2) is 0 Å². The molecule has 4 rings (SSSR count). The topological polar surface area (TPSA) is 80.5 Å². The quantitative estimate of drug-likeness (QED) is 0.679. The smallest absolute Gasteiger partial charge is 0.273 e. The average molecular weight is 380 g/mol. The summed E-state index contributed by atoms with van der Waals surface area (Å²) in [5.74, 6) is 1.03. The van der Waals surface area contributed by atoms with Crippen molar-refractivity contribution in [3.8, 4) is 5.75 Å². The summed E-state index contributed by atoms with van der Waals surface area (Å²) in [5, 5.41) is 8.83. The normalized spacial score (nSPS) is 17.1. The maximum atomic E-state index is 12.4. The Balaban J connectivity index is 1.34. The number of rotatable bonds is 7. The van der Waals surface area contributed by atoms with E-state index in [1.807, 2.05) is 24.3 Å². The van der Waals surface area contributed by atoms with Crippen molar-refractivity contribution < 1.29 is 14.1 Å². The van der Waals surface area contributed by atoms with E-state index in [9.17, 15) is 4.79 Å². The molecule has 0 saturated carbocycles. The van der Waals surface area contributed by atoms with Gasteiger partial charge in [0.15, 0.2) is 11.5 Å². The predicted octanol–water partition coefficient (Wildman–Crippen LogP) is 3.02. The highest BCUT2D eigenvalue weighted by molar-refractivity contribution is 5.92. The summed E-state index contributed by atoms with van der Waals surface area (Å²) in [4.78, 5) is 18.9. The van der Waals surface area contributed by atoms with Crippen molar-refractivity contribution in [1.82, 2.24) is 20.4 Å². The molecule has 0 bridgehead atoms. The van der Waals surface area contributed by atoms with Crippen molar-refractivity contribution in [3.63, 3.8) is 0 Å². The third-order valence-corrected chi connectivity index (χ3v) is 5.21. The number of likely N-dealkylation sites (N-methyl/N-ethyl adjacent to an activating group) is 1. The van der Waals surface area contributed by atoms with E-state index in [1.54, 1.807) is 18.5 Å². The third kappa shape index (κ3) is 3.99. The summed E-state index contributed by atoms with van der Waals surface area (Å²) >= 11 is 0. The Kier molecular flexibility index (Phi) is 5.53. The number of carbonyl (C=O) groups excluding carboxylic acids is 1. The minimum Gasteiger partial charge on any atom is -0.485 e. The number of hydrogen-bond acceptors (Lipinski definition) is 6. The molecule has 2 aromatic heterocycles. The Morgan fingerprint density at radius 3 is 3.21 bits per heavy atom. The van der Waals surface area contributed by atoms with Gasteiger partial charge in [-0.3, -0.25) is 14.7 Å². The molecule has 1 aliphatic heterocycles. The van der Waals surface area contributed by atoms with Crippen LogP contribution in [0.3, 0.4) is 0 Å². The second-order valence-corrected chi connectivity index (χ2v) is 6.95. The lowest BCUT2D eigenvalue weighted by atomic mass is 10.1. The zero-order valence-corrected chi connectivity index (χ0v) is 15.9. The fraction of sp³-hybridized carbons (Fsp3) is 0.381. The number of aromatic nitrogens is 2. The van der Waals surface area contributed by atoms with Crippen LogP contribution < -0.4 is 10.1 Å². The van der Waals surface area contributed by atoms with E-state index in [0.717, 1.165) is 36.0 Å². The standard InChI is InChI=1S/C21H24N4O3/c1-2-25-10-4-6-16(25)13-23-21(26)19-11-17(28-24-19)14-27-20-7-3-5-15-12-22-9-8-18(15)20/h3,5,7-9,11-12,16H,2,4,6,10,13-14H2,1H3,(H,23,26)/t16-/m0/s1. The fourth-order valence-electron chi connectivity index (χ4n) is 3.70. The predicted molar refractivity (Wildman–Crippen MR) is 105 cm³/mol. The Morgan fingerprint density at radius 2 is 2.32 bits per heavy atom. The molecular formula is C21H24N4O3. The maximum absolute atomic E-state index is 12.4. The first-order valence-electron chi connectivity index (χ1n) is 9.68. The zero-order chi connectivity index (χ0) is 19.3. The van der Waals surface area contributed by atoms with Gasteiger partial charge in [0.25, 0.3) is 5.91 Å². The molecular weight excluding hydrogens is 356 g/mol. The minimum absolute atomic E-state index is 0.202. The molecule has 7 nitrogen and oxygen atoms in total. The SMILES string of the molecule is CCN1CCC[C@H]1CNC(=O)c1cc(COc2cccc3cnccc23)on1. The van der Waals surface area contributed by atoms with Crippen LogP contribution in [0.1, 0.15) is 36.0 Å². The number of hydrogen-bond donors (Lipinski definition) is 1. The first-order chi connectivity index (χ1) is 13.7. The number of amides is 1. The van der Waals surface area contributed by atoms with Gasteiger partial charge in [0.2, 0.25) is 0 Å². The van der Waals surface area contributed by atoms with Crippen LogP contribution in [-0.2, 0) is 6.61 Å². The van der Waals surface area contributed by atoms with Crippen molar-refractivity contribution in [1.29, 1.82) is 0 Å². The molecule has 1 atom stereocenters. The molecule has 1 aromatic carbocycles. The lowest BCUT2D eigenvalue weighted by Crippen LogP contribution is -2.40. The monoisotopic (exact) mass is 380 g/mol. The average Bonchev–Trinajstić information content (AvgIpc) is 3.39. The van der Waals surface area contributed by atoms with Crippen molar-refractivity contribution in [2.24, 2.45) is 0 Å². The molecule has 0 aliphatic carbocycles. The van der Waals surface area contributed by atoms with Crippen LogP contribution in [0.2, 0.25) is 0 Å². The van der Waals surface area contributed by atoms with Crippen LogP contribution in [-0.4, -0.2) is 46.6 Å². The van der Waals surface area contributed by atoms with Crippen LogP contribution in [0.15, 0.2) is 47.2 Å². The van der Waals surface area contributed by atoms with E-state index in [2.05, 4.69) is 27.3 Å². The number of nitrogens with one attached hydrogen (secondary N) is 1. The lowest BCUT2D eigenvalue weighted by Gasteiger charge is -2.22. The Morgan fingerprint density at radius 1 is 1.39 bits per heavy atom. The molecule has 3 heterocycles.